The Morgan fingerprint density at radius 1 is 1.19 bits per heavy atom. The van der Waals surface area contributed by atoms with E-state index < -0.39 is 10.8 Å². The van der Waals surface area contributed by atoms with Gasteiger partial charge in [0, 0.05) is 22.9 Å². The number of furan rings is 1. The predicted molar refractivity (Wildman–Crippen MR) is 91.7 cm³/mol. The van der Waals surface area contributed by atoms with Crippen molar-refractivity contribution in [3.63, 3.8) is 0 Å². The van der Waals surface area contributed by atoms with Crippen LogP contribution in [0.3, 0.4) is 0 Å². The van der Waals surface area contributed by atoms with Crippen molar-refractivity contribution in [2.45, 2.75) is 0 Å². The van der Waals surface area contributed by atoms with Gasteiger partial charge < -0.3 is 14.5 Å². The number of benzene rings is 2. The van der Waals surface area contributed by atoms with Crippen molar-refractivity contribution >= 4 is 39.2 Å². The molecule has 2 aromatic heterocycles. The number of hydrogen-bond acceptors (Lipinski definition) is 6. The summed E-state index contributed by atoms with van der Waals surface area (Å²) in [7, 11) is 0. The number of carbonyl (C=O) groups excluding carboxylic acids is 1. The van der Waals surface area contributed by atoms with Crippen LogP contribution in [0.1, 0.15) is 10.6 Å². The number of rotatable bonds is 3. The molecule has 128 valence electrons. The van der Waals surface area contributed by atoms with Gasteiger partial charge in [-0.25, -0.2) is 0 Å². The molecule has 0 saturated heterocycles. The molecule has 2 heterocycles. The third kappa shape index (κ3) is 2.57. The molecular weight excluding hydrogens is 340 g/mol. The number of hydrogen-bond donors (Lipinski definition) is 2. The minimum absolute atomic E-state index is 0.000242. The van der Waals surface area contributed by atoms with E-state index in [1.54, 1.807) is 18.2 Å². The monoisotopic (exact) mass is 350 g/mol. The van der Waals surface area contributed by atoms with Crippen molar-refractivity contribution in [1.29, 1.82) is 0 Å². The van der Waals surface area contributed by atoms with Crippen LogP contribution in [-0.4, -0.2) is 20.9 Å². The Hall–Kier alpha value is -4.01. The molecule has 2 aromatic carbocycles. The van der Waals surface area contributed by atoms with Gasteiger partial charge in [0.2, 0.25) is 5.88 Å². The van der Waals surface area contributed by atoms with Crippen LogP contribution >= 0.6 is 0 Å². The van der Waals surface area contributed by atoms with Gasteiger partial charge >= 0.3 is 5.91 Å². The highest BCUT2D eigenvalue weighted by Gasteiger charge is 2.16. The maximum atomic E-state index is 12.2. The highest BCUT2D eigenvalue weighted by atomic mass is 16.6. The van der Waals surface area contributed by atoms with E-state index in [1.165, 1.54) is 24.3 Å². The number of aromatic nitrogens is 1. The first-order valence-electron chi connectivity index (χ1n) is 7.46. The minimum atomic E-state index is -0.736. The Balaban J connectivity index is 1.71. The quantitative estimate of drug-likeness (QED) is 0.320. The molecule has 4 rings (SSSR count). The number of azo groups is 1. The lowest BCUT2D eigenvalue weighted by Crippen LogP contribution is -1.89. The van der Waals surface area contributed by atoms with E-state index >= 15 is 0 Å². The third-order valence-corrected chi connectivity index (χ3v) is 3.82. The van der Waals surface area contributed by atoms with Gasteiger partial charge in [-0.2, -0.15) is 0 Å². The van der Waals surface area contributed by atoms with Crippen LogP contribution in [0.15, 0.2) is 63.2 Å². The number of nitrogens with zero attached hydrogens (tertiary/aromatic N) is 3. The van der Waals surface area contributed by atoms with Crippen molar-refractivity contribution < 1.29 is 19.2 Å². The van der Waals surface area contributed by atoms with Crippen LogP contribution in [0.5, 0.6) is 5.88 Å². The Kier molecular flexibility index (Phi) is 3.47. The van der Waals surface area contributed by atoms with Crippen molar-refractivity contribution in [3.05, 3.63) is 64.4 Å². The molecule has 2 N–H and O–H groups in total. The summed E-state index contributed by atoms with van der Waals surface area (Å²) in [5.41, 5.74) is 0.736. The zero-order valence-corrected chi connectivity index (χ0v) is 13.0. The molecule has 0 spiro atoms. The number of nitrogens with one attached hydrogen (secondary N) is 1. The molecule has 0 aliphatic carbocycles. The second kappa shape index (κ2) is 5.81. The van der Waals surface area contributed by atoms with Crippen molar-refractivity contribution in [3.8, 4) is 5.88 Å². The summed E-state index contributed by atoms with van der Waals surface area (Å²) in [6.45, 7) is 0. The van der Waals surface area contributed by atoms with E-state index in [9.17, 15) is 20.0 Å². The predicted octanol–water partition coefficient (Wildman–Crippen LogP) is 4.45. The molecule has 0 radical (unpaired) electrons. The summed E-state index contributed by atoms with van der Waals surface area (Å²) in [5, 5.41) is 29.2. The third-order valence-electron chi connectivity index (χ3n) is 3.82. The van der Waals surface area contributed by atoms with Crippen LogP contribution in [-0.2, 0) is 0 Å². The average molecular weight is 350 g/mol. The number of H-pyrrole nitrogens is 1. The minimum Gasteiger partial charge on any atom is -0.493 e. The van der Waals surface area contributed by atoms with Crippen molar-refractivity contribution in [2.75, 3.05) is 0 Å². The standard InChI is InChI=1S/C17H10N4O5/c22-16(14-7-9-3-1-2-4-13(9)26-14)20-19-15-11-8-10(21(24)25)5-6-12(11)18-17(15)23/h1-8,18,23H. The first-order valence-corrected chi connectivity index (χ1v) is 7.46. The number of amides is 1. The molecule has 9 heteroatoms. The summed E-state index contributed by atoms with van der Waals surface area (Å²) in [4.78, 5) is 25.1. The molecule has 4 aromatic rings. The number of para-hydroxylation sites is 1. The Morgan fingerprint density at radius 2 is 2.00 bits per heavy atom. The normalized spacial score (nSPS) is 11.5. The van der Waals surface area contributed by atoms with Crippen LogP contribution < -0.4 is 0 Å². The fourth-order valence-electron chi connectivity index (χ4n) is 2.60. The molecule has 9 nitrogen and oxygen atoms in total. The molecule has 0 atom stereocenters. The molecular formula is C17H10N4O5. The van der Waals surface area contributed by atoms with Crippen LogP contribution in [0.4, 0.5) is 11.4 Å². The summed E-state index contributed by atoms with van der Waals surface area (Å²) < 4.78 is 5.41. The highest BCUT2D eigenvalue weighted by Crippen LogP contribution is 2.37. The van der Waals surface area contributed by atoms with Crippen molar-refractivity contribution in [2.24, 2.45) is 10.2 Å². The fraction of sp³-hybridized carbons (Fsp3) is 0. The highest BCUT2D eigenvalue weighted by molar-refractivity contribution is 5.98. The van der Waals surface area contributed by atoms with E-state index in [1.807, 2.05) is 6.07 Å². The van der Waals surface area contributed by atoms with E-state index in [0.29, 0.717) is 11.1 Å². The van der Waals surface area contributed by atoms with Gasteiger partial charge in [0.05, 0.1) is 10.4 Å². The summed E-state index contributed by atoms with van der Waals surface area (Å²) >= 11 is 0. The van der Waals surface area contributed by atoms with Gasteiger partial charge in [0.15, 0.2) is 11.4 Å². The summed E-state index contributed by atoms with van der Waals surface area (Å²) in [5.74, 6) is -1.08. The van der Waals surface area contributed by atoms with Gasteiger partial charge in [-0.05, 0) is 18.2 Å². The smallest absolute Gasteiger partial charge is 0.331 e. The fourth-order valence-corrected chi connectivity index (χ4v) is 2.60. The number of aromatic hydroxyl groups is 1. The number of fused-ring (bicyclic) bond motifs is 2. The zero-order valence-electron chi connectivity index (χ0n) is 13.0. The SMILES string of the molecule is O=C(N=Nc1c(O)[nH]c2ccc([N+](=O)[O-])cc12)c1cc2ccccc2o1. The Labute approximate surface area is 144 Å². The molecule has 0 bridgehead atoms. The second-order valence-corrected chi connectivity index (χ2v) is 5.46. The van der Waals surface area contributed by atoms with E-state index in [0.717, 1.165) is 5.39 Å². The molecule has 1 amide bonds. The van der Waals surface area contributed by atoms with Gasteiger partial charge in [-0.3, -0.25) is 14.9 Å². The zero-order chi connectivity index (χ0) is 18.3. The summed E-state index contributed by atoms with van der Waals surface area (Å²) in [6.07, 6.45) is 0. The van der Waals surface area contributed by atoms with Gasteiger partial charge in [-0.1, -0.05) is 18.2 Å². The molecule has 0 aliphatic rings. The molecule has 0 saturated carbocycles. The van der Waals surface area contributed by atoms with E-state index in [2.05, 4.69) is 15.2 Å². The van der Waals surface area contributed by atoms with Crippen LogP contribution in [0.2, 0.25) is 0 Å². The topological polar surface area (TPSA) is 134 Å². The van der Waals surface area contributed by atoms with Crippen LogP contribution in [0.25, 0.3) is 21.9 Å². The maximum Gasteiger partial charge on any atom is 0.331 e. The number of nitro benzene ring substituents is 1. The first-order chi connectivity index (χ1) is 12.5. The number of nitro groups is 1. The van der Waals surface area contributed by atoms with Gasteiger partial charge in [0.25, 0.3) is 5.69 Å². The average Bonchev–Trinajstić information content (AvgIpc) is 3.19. The van der Waals surface area contributed by atoms with Gasteiger partial charge in [-0.15, -0.1) is 10.2 Å². The first kappa shape index (κ1) is 15.5. The number of carbonyl (C=O) groups is 1. The number of non-ortho nitro benzene ring substituents is 1. The lowest BCUT2D eigenvalue weighted by atomic mass is 10.2. The lowest BCUT2D eigenvalue weighted by Gasteiger charge is -1.93. The van der Waals surface area contributed by atoms with Crippen molar-refractivity contribution in [1.82, 2.24) is 4.98 Å². The number of aromatic amines is 1. The van der Waals surface area contributed by atoms with E-state index in [-0.39, 0.29) is 28.4 Å². The molecule has 0 fully saturated rings. The largest absolute Gasteiger partial charge is 0.493 e. The lowest BCUT2D eigenvalue weighted by molar-refractivity contribution is -0.384. The maximum absolute atomic E-state index is 12.2. The molecule has 0 unspecified atom stereocenters. The Morgan fingerprint density at radius 3 is 2.77 bits per heavy atom. The second-order valence-electron chi connectivity index (χ2n) is 5.46. The summed E-state index contributed by atoms with van der Waals surface area (Å²) in [6, 6.07) is 12.6. The molecule has 26 heavy (non-hydrogen) atoms. The van der Waals surface area contributed by atoms with Crippen LogP contribution in [0, 0.1) is 10.1 Å². The Bertz CT molecular complexity index is 1170. The molecule has 0 aliphatic heterocycles. The van der Waals surface area contributed by atoms with E-state index in [4.69, 9.17) is 4.42 Å². The van der Waals surface area contributed by atoms with Gasteiger partial charge in [0.1, 0.15) is 5.58 Å².